The molecule has 0 spiro atoms. The number of anilines is 1. The fraction of sp³-hybridized carbons (Fsp3) is 0.231. The van der Waals surface area contributed by atoms with Gasteiger partial charge in [-0.1, -0.05) is 12.1 Å². The number of benzene rings is 1. The van der Waals surface area contributed by atoms with Gasteiger partial charge < -0.3 is 20.5 Å². The third-order valence-corrected chi connectivity index (χ3v) is 2.18. The van der Waals surface area contributed by atoms with Crippen LogP contribution in [0.3, 0.4) is 0 Å². The molecule has 0 radical (unpaired) electrons. The zero-order chi connectivity index (χ0) is 14.1. The lowest BCUT2D eigenvalue weighted by Gasteiger charge is -2.07. The number of urea groups is 1. The number of carboxylic acid groups (broad SMARTS) is 1. The van der Waals surface area contributed by atoms with Crippen molar-refractivity contribution in [1.29, 1.82) is 0 Å². The van der Waals surface area contributed by atoms with Crippen LogP contribution in [0.15, 0.2) is 30.3 Å². The number of carbonyl (C=O) groups excluding carboxylic acids is 1. The molecule has 1 aromatic rings. The van der Waals surface area contributed by atoms with Crippen LogP contribution in [0.25, 0.3) is 6.08 Å². The second-order valence-electron chi connectivity index (χ2n) is 3.67. The molecular weight excluding hydrogens is 248 g/mol. The summed E-state index contributed by atoms with van der Waals surface area (Å²) in [7, 11) is 1.56. The van der Waals surface area contributed by atoms with Crippen molar-refractivity contribution in [3.63, 3.8) is 0 Å². The van der Waals surface area contributed by atoms with E-state index < -0.39 is 5.97 Å². The van der Waals surface area contributed by atoms with E-state index in [0.717, 1.165) is 11.6 Å². The van der Waals surface area contributed by atoms with E-state index in [1.807, 2.05) is 0 Å². The van der Waals surface area contributed by atoms with Gasteiger partial charge in [0.05, 0.1) is 6.61 Å². The van der Waals surface area contributed by atoms with Crippen LogP contribution in [0, 0.1) is 0 Å². The summed E-state index contributed by atoms with van der Waals surface area (Å²) in [6.07, 6.45) is 2.53. The second kappa shape index (κ2) is 7.88. The van der Waals surface area contributed by atoms with Crippen LogP contribution in [0.4, 0.5) is 10.5 Å². The Hall–Kier alpha value is -2.34. The molecule has 0 aliphatic carbocycles. The minimum atomic E-state index is -1.00. The van der Waals surface area contributed by atoms with Gasteiger partial charge >= 0.3 is 12.0 Å². The van der Waals surface area contributed by atoms with Crippen molar-refractivity contribution in [2.45, 2.75) is 0 Å². The molecule has 0 heterocycles. The number of carboxylic acids is 1. The van der Waals surface area contributed by atoms with E-state index in [2.05, 4.69) is 10.6 Å². The van der Waals surface area contributed by atoms with Gasteiger partial charge in [-0.15, -0.1) is 0 Å². The van der Waals surface area contributed by atoms with Crippen molar-refractivity contribution >= 4 is 23.8 Å². The largest absolute Gasteiger partial charge is 0.478 e. The predicted molar refractivity (Wildman–Crippen MR) is 72.0 cm³/mol. The number of nitrogens with one attached hydrogen (secondary N) is 2. The van der Waals surface area contributed by atoms with E-state index in [-0.39, 0.29) is 6.03 Å². The third kappa shape index (κ3) is 6.23. The maximum Gasteiger partial charge on any atom is 0.328 e. The van der Waals surface area contributed by atoms with Crippen LogP contribution in [0.5, 0.6) is 0 Å². The van der Waals surface area contributed by atoms with Crippen LogP contribution in [0.1, 0.15) is 5.56 Å². The Bertz CT molecular complexity index is 454. The molecule has 0 aliphatic heterocycles. The van der Waals surface area contributed by atoms with Gasteiger partial charge in [0.1, 0.15) is 0 Å². The summed E-state index contributed by atoms with van der Waals surface area (Å²) in [4.78, 5) is 21.8. The first-order chi connectivity index (χ1) is 9.11. The van der Waals surface area contributed by atoms with Crippen molar-refractivity contribution in [3.05, 3.63) is 35.9 Å². The molecule has 6 nitrogen and oxygen atoms in total. The van der Waals surface area contributed by atoms with Crippen LogP contribution in [-0.2, 0) is 9.53 Å². The molecule has 0 unspecified atom stereocenters. The van der Waals surface area contributed by atoms with Crippen molar-refractivity contribution in [1.82, 2.24) is 5.32 Å². The number of aliphatic carboxylic acids is 1. The summed E-state index contributed by atoms with van der Waals surface area (Å²) >= 11 is 0. The number of hydrogen-bond donors (Lipinski definition) is 3. The molecular formula is C13H16N2O4. The van der Waals surface area contributed by atoms with Gasteiger partial charge in [-0.25, -0.2) is 9.59 Å². The van der Waals surface area contributed by atoms with Crippen LogP contribution in [-0.4, -0.2) is 37.4 Å². The lowest BCUT2D eigenvalue weighted by atomic mass is 10.2. The minimum Gasteiger partial charge on any atom is -0.478 e. The van der Waals surface area contributed by atoms with Gasteiger partial charge in [0.25, 0.3) is 0 Å². The lowest BCUT2D eigenvalue weighted by molar-refractivity contribution is -0.131. The van der Waals surface area contributed by atoms with Crippen molar-refractivity contribution in [3.8, 4) is 0 Å². The summed E-state index contributed by atoms with van der Waals surface area (Å²) in [5.41, 5.74) is 1.37. The Kier molecular flexibility index (Phi) is 6.11. The lowest BCUT2D eigenvalue weighted by Crippen LogP contribution is -2.31. The normalized spacial score (nSPS) is 10.4. The number of rotatable bonds is 6. The first kappa shape index (κ1) is 14.7. The molecule has 0 aliphatic rings. The van der Waals surface area contributed by atoms with Gasteiger partial charge in [0.15, 0.2) is 0 Å². The fourth-order valence-electron chi connectivity index (χ4n) is 1.29. The average Bonchev–Trinajstić information content (AvgIpc) is 2.38. The number of carbonyl (C=O) groups is 2. The summed E-state index contributed by atoms with van der Waals surface area (Å²) in [5.74, 6) is -1.00. The summed E-state index contributed by atoms with van der Waals surface area (Å²) < 4.78 is 4.81. The molecule has 0 fully saturated rings. The van der Waals surface area contributed by atoms with E-state index in [1.54, 1.807) is 31.4 Å². The zero-order valence-electron chi connectivity index (χ0n) is 10.6. The Balaban J connectivity index is 2.47. The Morgan fingerprint density at radius 1 is 1.32 bits per heavy atom. The molecule has 0 atom stereocenters. The second-order valence-corrected chi connectivity index (χ2v) is 3.67. The molecule has 0 saturated carbocycles. The van der Waals surface area contributed by atoms with E-state index >= 15 is 0 Å². The van der Waals surface area contributed by atoms with E-state index in [0.29, 0.717) is 18.8 Å². The highest BCUT2D eigenvalue weighted by Gasteiger charge is 2.00. The first-order valence-corrected chi connectivity index (χ1v) is 5.66. The Labute approximate surface area is 111 Å². The zero-order valence-corrected chi connectivity index (χ0v) is 10.6. The maximum atomic E-state index is 11.4. The van der Waals surface area contributed by atoms with Gasteiger partial charge in [-0.3, -0.25) is 0 Å². The van der Waals surface area contributed by atoms with E-state index in [1.165, 1.54) is 6.08 Å². The molecule has 0 aromatic heterocycles. The molecule has 3 N–H and O–H groups in total. The van der Waals surface area contributed by atoms with Crippen molar-refractivity contribution < 1.29 is 19.4 Å². The highest BCUT2D eigenvalue weighted by Crippen LogP contribution is 2.10. The minimum absolute atomic E-state index is 0.314. The maximum absolute atomic E-state index is 11.4. The Morgan fingerprint density at radius 3 is 2.58 bits per heavy atom. The molecule has 1 rings (SSSR count). The SMILES string of the molecule is COCCNC(=O)Nc1ccc(/C=C/C(=O)O)cc1. The highest BCUT2D eigenvalue weighted by molar-refractivity contribution is 5.89. The Morgan fingerprint density at radius 2 is 2.00 bits per heavy atom. The number of methoxy groups -OCH3 is 1. The standard InChI is InChI=1S/C13H16N2O4/c1-19-9-8-14-13(18)15-11-5-2-10(3-6-11)4-7-12(16)17/h2-7H,8-9H2,1H3,(H,16,17)(H2,14,15,18)/b7-4+. The highest BCUT2D eigenvalue weighted by atomic mass is 16.5. The fourth-order valence-corrected chi connectivity index (χ4v) is 1.29. The van der Waals surface area contributed by atoms with Crippen LogP contribution >= 0.6 is 0 Å². The number of amides is 2. The number of hydrogen-bond acceptors (Lipinski definition) is 3. The van der Waals surface area contributed by atoms with Gasteiger partial charge in [-0.2, -0.15) is 0 Å². The predicted octanol–water partition coefficient (Wildman–Crippen LogP) is 1.55. The quantitative estimate of drug-likeness (QED) is 0.537. The molecule has 2 amide bonds. The summed E-state index contributed by atoms with van der Waals surface area (Å²) in [5, 5.41) is 13.8. The van der Waals surface area contributed by atoms with E-state index in [9.17, 15) is 9.59 Å². The van der Waals surface area contributed by atoms with E-state index in [4.69, 9.17) is 9.84 Å². The molecule has 0 bridgehead atoms. The summed E-state index contributed by atoms with van der Waals surface area (Å²) in [6, 6.07) is 6.49. The molecule has 19 heavy (non-hydrogen) atoms. The molecule has 1 aromatic carbocycles. The van der Waals surface area contributed by atoms with Gasteiger partial charge in [0, 0.05) is 25.4 Å². The first-order valence-electron chi connectivity index (χ1n) is 5.66. The van der Waals surface area contributed by atoms with Crippen LogP contribution in [0.2, 0.25) is 0 Å². The van der Waals surface area contributed by atoms with Gasteiger partial charge in [-0.05, 0) is 23.8 Å². The average molecular weight is 264 g/mol. The molecule has 102 valence electrons. The topological polar surface area (TPSA) is 87.7 Å². The van der Waals surface area contributed by atoms with Crippen LogP contribution < -0.4 is 10.6 Å². The third-order valence-electron chi connectivity index (χ3n) is 2.18. The molecule has 0 saturated heterocycles. The van der Waals surface area contributed by atoms with Crippen molar-refractivity contribution in [2.24, 2.45) is 0 Å². The monoisotopic (exact) mass is 264 g/mol. The summed E-state index contributed by atoms with van der Waals surface area (Å²) in [6.45, 7) is 0.883. The number of ether oxygens (including phenoxy) is 1. The smallest absolute Gasteiger partial charge is 0.328 e. The van der Waals surface area contributed by atoms with Crippen molar-refractivity contribution in [2.75, 3.05) is 25.6 Å². The van der Waals surface area contributed by atoms with Gasteiger partial charge in [0.2, 0.25) is 0 Å². The molecule has 6 heteroatoms.